The number of hydrogen-bond donors (Lipinski definition) is 2. The summed E-state index contributed by atoms with van der Waals surface area (Å²) in [4.78, 5) is 103. The van der Waals surface area contributed by atoms with Crippen LogP contribution in [-0.2, 0) is 0 Å². The summed E-state index contributed by atoms with van der Waals surface area (Å²) in [6.07, 6.45) is 17.4. The van der Waals surface area contributed by atoms with Crippen LogP contribution in [0.2, 0.25) is 0 Å². The Labute approximate surface area is 837 Å². The molecule has 20 aromatic rings. The maximum absolute atomic E-state index is 14.0. The van der Waals surface area contributed by atoms with Crippen molar-refractivity contribution in [3.8, 4) is 56.3 Å². The summed E-state index contributed by atoms with van der Waals surface area (Å²) >= 11 is 0. The Morgan fingerprint density at radius 2 is 0.655 bits per heavy atom. The second-order valence-electron chi connectivity index (χ2n) is 38.8. The first-order chi connectivity index (χ1) is 71.4. The molecule has 0 radical (unpaired) electrons. The first-order valence-electron chi connectivity index (χ1n) is 49.0. The molecule has 0 aliphatic carbocycles. The number of halogens is 8. The molecule has 27 rings (SSSR count). The maximum atomic E-state index is 14.0. The van der Waals surface area contributed by atoms with Crippen LogP contribution in [0.25, 0.3) is 139 Å². The molecule has 2 N–H and O–H groups in total. The predicted molar refractivity (Wildman–Crippen MR) is 553 cm³/mol. The second kappa shape index (κ2) is 40.0. The number of nitrogens with zero attached hydrogens (tertiary/aromatic N) is 18. The van der Waals surface area contributed by atoms with Gasteiger partial charge in [-0.3, -0.25) is 0 Å². The van der Waals surface area contributed by atoms with E-state index in [-0.39, 0.29) is 73.2 Å². The van der Waals surface area contributed by atoms with Crippen molar-refractivity contribution in [1.82, 2.24) is 72.3 Å². The Morgan fingerprint density at radius 3 is 1.05 bits per heavy atom. The van der Waals surface area contributed by atoms with E-state index in [1.807, 2.05) is 121 Å². The number of pyridine rings is 5. The number of anilines is 5. The van der Waals surface area contributed by atoms with Crippen LogP contribution in [0.5, 0.6) is 0 Å². The molecule has 7 fully saturated rings. The third kappa shape index (κ3) is 20.1. The fourth-order valence-electron chi connectivity index (χ4n) is 20.5. The molecule has 2 bridgehead atoms. The lowest BCUT2D eigenvalue weighted by atomic mass is 10.0. The normalized spacial score (nSPS) is 18.0. The van der Waals surface area contributed by atoms with Crippen molar-refractivity contribution >= 4 is 112 Å². The molecule has 0 amide bonds. The number of imidazole rings is 5. The molecule has 30 nitrogen and oxygen atoms in total. The Bertz CT molecular complexity index is 8900. The van der Waals surface area contributed by atoms with Gasteiger partial charge in [-0.05, 0) is 176 Å². The van der Waals surface area contributed by atoms with Gasteiger partial charge < -0.3 is 93.9 Å². The first-order valence-corrected chi connectivity index (χ1v) is 49.0. The zero-order valence-electron chi connectivity index (χ0n) is 81.4. The second-order valence-corrected chi connectivity index (χ2v) is 38.8. The summed E-state index contributed by atoms with van der Waals surface area (Å²) in [6.45, 7) is 25.0. The molecule has 7 aliphatic rings. The van der Waals surface area contributed by atoms with Crippen LogP contribution in [0.4, 0.5) is 63.6 Å². The number of piperidine rings is 1. The number of likely N-dealkylation sites (N-methyl/N-ethyl adjacent to an activating group) is 2. The molecule has 0 unspecified atom stereocenters. The Morgan fingerprint density at radius 1 is 0.318 bits per heavy atom. The van der Waals surface area contributed by atoms with E-state index in [2.05, 4.69) is 122 Å². The largest absolute Gasteiger partial charge is 0.422 e. The third-order valence-corrected chi connectivity index (χ3v) is 28.1. The molecule has 7 saturated heterocycles. The molecule has 756 valence electrons. The molecule has 38 heteroatoms. The fraction of sp³-hybridized carbons (Fsp3) is 0.273. The van der Waals surface area contributed by atoms with Crippen LogP contribution >= 0.6 is 0 Å². The zero-order valence-corrected chi connectivity index (χ0v) is 81.4. The Balaban J connectivity index is 0.000000105. The molecule has 22 heterocycles. The van der Waals surface area contributed by atoms with Gasteiger partial charge in [-0.15, -0.1) is 0 Å². The molecule has 7 aliphatic heterocycles. The SMILES string of the molecule is CN1CCCN(c2ccc3cc(-c4cn5cc(F)cc(F)c5n4)c(=O)oc3c2)CC1.CN1CCN(c2ccc3cc(-c4cn5cc(F)cc(F)c5n4)c(=O)oc3c2)CC1.C[C@@H]1CN(c2ccc3cc(-c4cn5cc(F)cc(F)c5n4)c(=O)oc3c2)C[C@H](C)N1.C[C@H]1CN(c2ccc3cc(-c4cn5cc(F)cc(F)c5n4)c(=O)oc3c2)CCN1.Cc1ccn2cc(-c3cc4ccc(N5CCN6CCC5CC6)cc4oc3=O)nc2c1. The van der Waals surface area contributed by atoms with Crippen molar-refractivity contribution < 1.29 is 57.2 Å². The lowest BCUT2D eigenvalue weighted by molar-refractivity contribution is 0.250. The van der Waals surface area contributed by atoms with Crippen molar-refractivity contribution in [3.63, 3.8) is 0 Å². The zero-order chi connectivity index (χ0) is 102. The van der Waals surface area contributed by atoms with E-state index in [4.69, 9.17) is 22.1 Å². The van der Waals surface area contributed by atoms with Gasteiger partial charge in [-0.25, -0.2) is 84.0 Å². The van der Waals surface area contributed by atoms with Gasteiger partial charge in [0.05, 0.1) is 56.3 Å². The quantitative estimate of drug-likeness (QED) is 0.0950. The monoisotopic (exact) mass is 2010 g/mol. The number of benzene rings is 5. The number of nitrogens with one attached hydrogen (secondary N) is 2. The summed E-state index contributed by atoms with van der Waals surface area (Å²) in [5.74, 6) is -6.07. The molecule has 3 atom stereocenters. The summed E-state index contributed by atoms with van der Waals surface area (Å²) in [6, 6.07) is 46.6. The number of aryl methyl sites for hydroxylation is 1. The predicted octanol–water partition coefficient (Wildman–Crippen LogP) is 17.1. The van der Waals surface area contributed by atoms with Crippen LogP contribution in [-0.4, -0.2) is 211 Å². The van der Waals surface area contributed by atoms with Gasteiger partial charge in [0.25, 0.3) is 0 Å². The van der Waals surface area contributed by atoms with Crippen molar-refractivity contribution in [2.45, 2.75) is 71.1 Å². The smallest absolute Gasteiger partial charge is 0.345 e. The number of hydrogen-bond acceptors (Lipinski definition) is 25. The number of aromatic nitrogens is 10. The van der Waals surface area contributed by atoms with Crippen LogP contribution in [0.1, 0.15) is 45.6 Å². The van der Waals surface area contributed by atoms with Gasteiger partial charge in [0.2, 0.25) is 0 Å². The Kier molecular flexibility index (Phi) is 26.1. The highest BCUT2D eigenvalue weighted by Crippen LogP contribution is 2.37. The number of rotatable bonds is 10. The highest BCUT2D eigenvalue weighted by atomic mass is 19.2. The standard InChI is InChI=1S/C24H24N4O2.2C22H20F2N4O2.2C21H18F2N4O2/c1-16-4-9-27-15-21(25-23(27)12-16)20-13-17-2-3-19(14-22(17)30-24(20)29)28-11-10-26-7-5-18(28)6-8-26;1-12-8-27(9-13(2)25-12)16-4-3-14-5-17(22(29)30-20(14)7-16)19-11-28-10-15(23)6-18(24)21(28)26-19;1-26-5-2-6-27(8-7-26)16-4-3-14-9-17(22(29)30-20(14)11-16)19-13-28-12-15(23)10-18(24)21(28)25-19;1-25-4-6-26(7-5-25)15-3-2-13-8-16(21(28)29-19(13)10-15)18-12-27-11-14(22)9-17(23)20(27)24-18;1-12-9-26(5-4-24-12)15-3-2-13-6-16(21(28)29-19(13)8-15)18-11-27-10-14(22)7-17(23)20(27)25-18/h2-4,9,12-15,18H,5-8,10-11H2,1H3;3-7,10-13,25H,8-9H2,1-2H3;3-4,9-13H,2,5-8H2,1H3;2-3,8-12H,4-7H2,1H3;2-3,6-8,10-12,24H,4-5,9H2,1H3/t;12-,13+;;;12-/m....0/s1. The van der Waals surface area contributed by atoms with Gasteiger partial charge in [-0.2, -0.15) is 0 Å². The summed E-state index contributed by atoms with van der Waals surface area (Å²) in [5.41, 5.74) is 9.68. The number of fused-ring (bicyclic) bond motifs is 14. The molecular formula is C110H100F8N20O10. The summed E-state index contributed by atoms with van der Waals surface area (Å²) in [7, 11) is 4.21. The van der Waals surface area contributed by atoms with E-state index >= 15 is 0 Å². The molecule has 5 aromatic carbocycles. The average molecular weight is 2010 g/mol. The molecule has 0 saturated carbocycles. The van der Waals surface area contributed by atoms with E-state index in [1.54, 1.807) is 24.3 Å². The van der Waals surface area contributed by atoms with E-state index < -0.39 is 69.0 Å². The number of piperazine rings is 3. The van der Waals surface area contributed by atoms with Gasteiger partial charge in [0.15, 0.2) is 45.9 Å². The Hall–Kier alpha value is -16.2. The minimum atomic E-state index is -0.796. The van der Waals surface area contributed by atoms with Crippen molar-refractivity contribution in [2.24, 2.45) is 0 Å². The summed E-state index contributed by atoms with van der Waals surface area (Å²) < 4.78 is 144. The van der Waals surface area contributed by atoms with E-state index in [9.17, 15) is 59.1 Å². The van der Waals surface area contributed by atoms with Crippen molar-refractivity contribution in [1.29, 1.82) is 0 Å². The lowest BCUT2D eigenvalue weighted by Gasteiger charge is -2.37. The molecule has 0 spiro atoms. The minimum Gasteiger partial charge on any atom is -0.422 e. The highest BCUT2D eigenvalue weighted by Gasteiger charge is 2.32. The van der Waals surface area contributed by atoms with Gasteiger partial charge in [0.1, 0.15) is 56.8 Å². The maximum Gasteiger partial charge on any atom is 0.345 e. The fourth-order valence-corrected chi connectivity index (χ4v) is 20.5. The van der Waals surface area contributed by atoms with Crippen LogP contribution < -0.4 is 63.3 Å². The van der Waals surface area contributed by atoms with E-state index in [0.717, 1.165) is 220 Å². The van der Waals surface area contributed by atoms with Crippen LogP contribution in [0.15, 0.2) is 266 Å². The topological polar surface area (TPSA) is 288 Å². The lowest BCUT2D eigenvalue weighted by Crippen LogP contribution is -2.54. The summed E-state index contributed by atoms with van der Waals surface area (Å²) in [5, 5.41) is 10.8. The molecule has 15 aromatic heterocycles. The van der Waals surface area contributed by atoms with Crippen molar-refractivity contribution in [3.05, 3.63) is 324 Å². The molecule has 148 heavy (non-hydrogen) atoms. The average Bonchev–Trinajstić information content (AvgIpc) is 1.62. The molecular weight excluding hydrogens is 1910 g/mol. The highest BCUT2D eigenvalue weighted by molar-refractivity contribution is 5.90. The van der Waals surface area contributed by atoms with Crippen molar-refractivity contribution in [2.75, 3.05) is 150 Å². The van der Waals surface area contributed by atoms with E-state index in [0.29, 0.717) is 63.3 Å². The first kappa shape index (κ1) is 96.6. The van der Waals surface area contributed by atoms with Crippen LogP contribution in [0, 0.1) is 53.5 Å². The van der Waals surface area contributed by atoms with Gasteiger partial charge >= 0.3 is 28.1 Å². The van der Waals surface area contributed by atoms with Gasteiger partial charge in [-0.1, -0.05) is 0 Å². The third-order valence-electron chi connectivity index (χ3n) is 28.1. The van der Waals surface area contributed by atoms with Gasteiger partial charge in [0, 0.05) is 301 Å². The van der Waals surface area contributed by atoms with Crippen LogP contribution in [0.3, 0.4) is 0 Å². The van der Waals surface area contributed by atoms with E-state index in [1.165, 1.54) is 68.3 Å². The minimum absolute atomic E-state index is 0.0487.